The molecule has 0 aliphatic heterocycles. The predicted molar refractivity (Wildman–Crippen MR) is 145 cm³/mol. The Morgan fingerprint density at radius 2 is 1.71 bits per heavy atom. The molecule has 0 saturated heterocycles. The maximum Gasteiger partial charge on any atom is 0.407 e. The van der Waals surface area contributed by atoms with Gasteiger partial charge in [-0.1, -0.05) is 18.2 Å². The van der Waals surface area contributed by atoms with Gasteiger partial charge in [-0.05, 0) is 37.8 Å². The molecular weight excluding hydrogens is 490 g/mol. The van der Waals surface area contributed by atoms with E-state index in [1.54, 1.807) is 0 Å². The Balaban J connectivity index is 1.31. The van der Waals surface area contributed by atoms with Gasteiger partial charge in [-0.15, -0.1) is 0 Å². The first-order valence-electron chi connectivity index (χ1n) is 12.4. The number of nitrogens with one attached hydrogen (secondary N) is 2. The van der Waals surface area contributed by atoms with Crippen LogP contribution >= 0.6 is 0 Å². The number of aromatic nitrogens is 1. The van der Waals surface area contributed by atoms with Crippen LogP contribution in [0.4, 0.5) is 22.0 Å². The molecule has 2 N–H and O–H groups in total. The van der Waals surface area contributed by atoms with Crippen LogP contribution in [-0.2, 0) is 11.3 Å². The number of alkyl carbamates (subject to hydrolysis) is 1. The van der Waals surface area contributed by atoms with Gasteiger partial charge in [0.2, 0.25) is 0 Å². The number of para-hydroxylation sites is 1. The first kappa shape index (κ1) is 26.8. The van der Waals surface area contributed by atoms with E-state index in [9.17, 15) is 14.9 Å². The zero-order chi connectivity index (χ0) is 27.2. The van der Waals surface area contributed by atoms with E-state index in [1.165, 1.54) is 26.4 Å². The first-order valence-corrected chi connectivity index (χ1v) is 12.4. The third-order valence-electron chi connectivity index (χ3n) is 6.72. The van der Waals surface area contributed by atoms with Gasteiger partial charge in [-0.2, -0.15) is 0 Å². The van der Waals surface area contributed by atoms with Crippen LogP contribution in [0.3, 0.4) is 0 Å². The normalized spacial score (nSPS) is 16.9. The molecule has 0 radical (unpaired) electrons. The molecule has 0 atom stereocenters. The Morgan fingerprint density at radius 3 is 2.37 bits per heavy atom. The number of amides is 1. The lowest BCUT2D eigenvalue weighted by molar-refractivity contribution is -0.385. The second-order valence-corrected chi connectivity index (χ2v) is 9.44. The number of rotatable bonds is 9. The summed E-state index contributed by atoms with van der Waals surface area (Å²) in [5.41, 5.74) is 2.05. The van der Waals surface area contributed by atoms with Crippen LogP contribution in [0.1, 0.15) is 31.2 Å². The molecule has 0 bridgehead atoms. The van der Waals surface area contributed by atoms with Gasteiger partial charge in [0, 0.05) is 43.3 Å². The molecule has 1 heterocycles. The number of nitrogens with zero attached hydrogens (tertiary/aromatic N) is 3. The highest BCUT2D eigenvalue weighted by Gasteiger charge is 2.25. The minimum Gasteiger partial charge on any atom is -0.493 e. The Bertz CT molecular complexity index is 1310. The Hall–Kier alpha value is -4.28. The summed E-state index contributed by atoms with van der Waals surface area (Å²) < 4.78 is 15.7. The maximum atomic E-state index is 12.5. The number of fused-ring (bicyclic) bond motifs is 1. The molecule has 4 rings (SSSR count). The molecule has 0 spiro atoms. The minimum atomic E-state index is -0.614. The fourth-order valence-electron chi connectivity index (χ4n) is 4.74. The van der Waals surface area contributed by atoms with E-state index < -0.39 is 11.0 Å². The van der Waals surface area contributed by atoms with Crippen LogP contribution in [-0.4, -0.2) is 56.4 Å². The van der Waals surface area contributed by atoms with Gasteiger partial charge in [0.1, 0.15) is 12.4 Å². The molecule has 0 unspecified atom stereocenters. The second kappa shape index (κ2) is 11.8. The quantitative estimate of drug-likeness (QED) is 0.298. The number of nitro benzene ring substituents is 1. The third kappa shape index (κ3) is 6.16. The zero-order valence-electron chi connectivity index (χ0n) is 22.0. The van der Waals surface area contributed by atoms with Crippen molar-refractivity contribution >= 4 is 34.2 Å². The molecule has 3 aromatic rings. The van der Waals surface area contributed by atoms with Crippen molar-refractivity contribution in [1.29, 1.82) is 0 Å². The third-order valence-corrected chi connectivity index (χ3v) is 6.72. The monoisotopic (exact) mass is 523 g/mol. The largest absolute Gasteiger partial charge is 0.493 e. The topological polar surface area (TPSA) is 128 Å². The van der Waals surface area contributed by atoms with Gasteiger partial charge in [0.25, 0.3) is 5.69 Å². The number of nitro groups is 1. The van der Waals surface area contributed by atoms with Gasteiger partial charge < -0.3 is 29.7 Å². The van der Waals surface area contributed by atoms with E-state index in [2.05, 4.69) is 27.7 Å². The van der Waals surface area contributed by atoms with Gasteiger partial charge in [-0.25, -0.2) is 9.78 Å². The lowest BCUT2D eigenvalue weighted by Gasteiger charge is -2.30. The number of carbonyl (C=O) groups is 1. The highest BCUT2D eigenvalue weighted by Crippen LogP contribution is 2.35. The van der Waals surface area contributed by atoms with Gasteiger partial charge >= 0.3 is 6.09 Å². The summed E-state index contributed by atoms with van der Waals surface area (Å²) in [7, 11) is 6.87. The van der Waals surface area contributed by atoms with E-state index in [0.29, 0.717) is 5.75 Å². The molecule has 202 valence electrons. The van der Waals surface area contributed by atoms with E-state index in [1.807, 2.05) is 32.3 Å². The number of pyridine rings is 1. The number of hydrogen-bond donors (Lipinski definition) is 2. The van der Waals surface area contributed by atoms with E-state index in [0.717, 1.165) is 48.1 Å². The van der Waals surface area contributed by atoms with Crippen molar-refractivity contribution in [3.05, 3.63) is 58.1 Å². The van der Waals surface area contributed by atoms with E-state index in [-0.39, 0.29) is 35.7 Å². The van der Waals surface area contributed by atoms with Crippen LogP contribution in [0.15, 0.2) is 42.5 Å². The molecule has 38 heavy (non-hydrogen) atoms. The average Bonchev–Trinajstić information content (AvgIpc) is 2.91. The maximum absolute atomic E-state index is 12.5. The lowest BCUT2D eigenvalue weighted by Crippen LogP contribution is -2.40. The number of benzene rings is 2. The first-order chi connectivity index (χ1) is 18.3. The molecule has 1 saturated carbocycles. The van der Waals surface area contributed by atoms with Crippen molar-refractivity contribution in [2.75, 3.05) is 38.5 Å². The number of ether oxygens (including phenoxy) is 3. The molecule has 1 aliphatic rings. The molecule has 1 fully saturated rings. The van der Waals surface area contributed by atoms with Crippen molar-refractivity contribution < 1.29 is 23.9 Å². The van der Waals surface area contributed by atoms with Crippen molar-refractivity contribution in [1.82, 2.24) is 10.3 Å². The van der Waals surface area contributed by atoms with Crippen LogP contribution in [0.5, 0.6) is 11.5 Å². The minimum absolute atomic E-state index is 0.0390. The highest BCUT2D eigenvalue weighted by molar-refractivity contribution is 5.93. The van der Waals surface area contributed by atoms with Crippen LogP contribution < -0.4 is 25.0 Å². The molecule has 1 aromatic heterocycles. The molecule has 1 amide bonds. The molecule has 2 aromatic carbocycles. The Labute approximate surface area is 221 Å². The summed E-state index contributed by atoms with van der Waals surface area (Å²) in [4.78, 5) is 30.2. The van der Waals surface area contributed by atoms with Crippen LogP contribution in [0.2, 0.25) is 0 Å². The van der Waals surface area contributed by atoms with Gasteiger partial charge in [0.05, 0.1) is 36.3 Å². The fraction of sp³-hybridized carbons (Fsp3) is 0.407. The molecule has 1 aliphatic carbocycles. The zero-order valence-corrected chi connectivity index (χ0v) is 22.0. The van der Waals surface area contributed by atoms with Gasteiger partial charge in [-0.3, -0.25) is 10.1 Å². The number of anilines is 2. The van der Waals surface area contributed by atoms with Crippen molar-refractivity contribution in [3.8, 4) is 11.5 Å². The number of carbonyl (C=O) groups excluding carboxylic acids is 1. The van der Waals surface area contributed by atoms with E-state index >= 15 is 0 Å². The summed E-state index contributed by atoms with van der Waals surface area (Å²) in [6.45, 7) is -0.263. The van der Waals surface area contributed by atoms with Gasteiger partial charge in [0.15, 0.2) is 11.5 Å². The molecule has 11 nitrogen and oxygen atoms in total. The Morgan fingerprint density at radius 1 is 1.05 bits per heavy atom. The smallest absolute Gasteiger partial charge is 0.407 e. The highest BCUT2D eigenvalue weighted by atomic mass is 16.6. The van der Waals surface area contributed by atoms with Crippen LogP contribution in [0.25, 0.3) is 10.9 Å². The second-order valence-electron chi connectivity index (χ2n) is 9.44. The van der Waals surface area contributed by atoms with Crippen LogP contribution in [0, 0.1) is 10.1 Å². The van der Waals surface area contributed by atoms with Crippen molar-refractivity contribution in [2.45, 2.75) is 44.4 Å². The summed E-state index contributed by atoms with van der Waals surface area (Å²) in [5, 5.41) is 19.0. The Kier molecular flexibility index (Phi) is 8.35. The SMILES string of the molecule is COc1cc(COC(=O)NC2CCC(Nc3cc(N(C)C)c4ccccc4n3)CC2)c([N+](=O)[O-])cc1OC. The summed E-state index contributed by atoms with van der Waals surface area (Å²) in [5.74, 6) is 1.39. The predicted octanol–water partition coefficient (Wildman–Crippen LogP) is 4.88. The average molecular weight is 524 g/mol. The number of hydrogen-bond acceptors (Lipinski definition) is 9. The molecular formula is C27H33N5O6. The molecule has 11 heteroatoms. The van der Waals surface area contributed by atoms with Crippen molar-refractivity contribution in [3.63, 3.8) is 0 Å². The summed E-state index contributed by atoms with van der Waals surface area (Å²) in [6.07, 6.45) is 2.65. The number of methoxy groups -OCH3 is 2. The summed E-state index contributed by atoms with van der Waals surface area (Å²) >= 11 is 0. The lowest BCUT2D eigenvalue weighted by atomic mass is 9.91. The standard InChI is InChI=1S/C27H33N5O6/c1-31(2)23-15-26(30-21-8-6-5-7-20(21)23)28-18-9-11-19(12-10-18)29-27(33)38-16-17-13-24(36-3)25(37-4)14-22(17)32(34)35/h5-8,13-15,18-19H,9-12,16H2,1-4H3,(H,28,30)(H,29,33). The van der Waals surface area contributed by atoms with Crippen molar-refractivity contribution in [2.24, 2.45) is 0 Å². The summed E-state index contributed by atoms with van der Waals surface area (Å²) in [6, 6.07) is 13.1. The fourth-order valence-corrected chi connectivity index (χ4v) is 4.74. The van der Waals surface area contributed by atoms with E-state index in [4.69, 9.17) is 19.2 Å².